The van der Waals surface area contributed by atoms with Crippen molar-refractivity contribution >= 4 is 17.5 Å². The van der Waals surface area contributed by atoms with Gasteiger partial charge in [-0.3, -0.25) is 4.68 Å². The van der Waals surface area contributed by atoms with E-state index in [4.69, 9.17) is 4.74 Å². The quantitative estimate of drug-likeness (QED) is 0.806. The summed E-state index contributed by atoms with van der Waals surface area (Å²) in [6, 6.07) is 0. The normalized spacial score (nSPS) is 14.6. The van der Waals surface area contributed by atoms with Gasteiger partial charge in [-0.15, -0.1) is 0 Å². The van der Waals surface area contributed by atoms with Crippen LogP contribution in [0.15, 0.2) is 12.4 Å². The van der Waals surface area contributed by atoms with Crippen molar-refractivity contribution in [1.29, 1.82) is 0 Å². The number of ether oxygens (including phenoxy) is 1. The first kappa shape index (κ1) is 12.3. The molecular weight excluding hydrogens is 262 g/mol. The summed E-state index contributed by atoms with van der Waals surface area (Å²) in [5, 5.41) is 4.17. The minimum Gasteiger partial charge on any atom is -0.462 e. The molecule has 3 rings (SSSR count). The highest BCUT2D eigenvalue weighted by molar-refractivity contribution is 7.08. The lowest BCUT2D eigenvalue weighted by atomic mass is 10.1. The van der Waals surface area contributed by atoms with E-state index >= 15 is 0 Å². The fourth-order valence-corrected chi connectivity index (χ4v) is 3.02. The molecule has 2 aromatic heterocycles. The maximum absolute atomic E-state index is 12.0. The first-order chi connectivity index (χ1) is 9.20. The molecule has 0 amide bonds. The second-order valence-corrected chi connectivity index (χ2v) is 5.44. The lowest BCUT2D eigenvalue weighted by Gasteiger charge is -2.03. The number of nitrogens with zero attached hydrogens (tertiary/aromatic N) is 3. The molecule has 0 radical (unpaired) electrons. The molecule has 100 valence electrons. The summed E-state index contributed by atoms with van der Waals surface area (Å²) in [5.74, 6) is 0.199. The standard InChI is InChI=1S/C13H15N3O2S/c1-3-18-13(17)12-10(8-4-5-8)11(15-19-12)9-6-14-16(2)7-9/h6-8H,3-5H2,1-2H3. The average Bonchev–Trinajstić information content (AvgIpc) is 2.97. The van der Waals surface area contributed by atoms with E-state index in [1.807, 2.05) is 20.2 Å². The van der Waals surface area contributed by atoms with Crippen LogP contribution in [0.2, 0.25) is 0 Å². The average molecular weight is 277 g/mol. The highest BCUT2D eigenvalue weighted by atomic mass is 32.1. The first-order valence-electron chi connectivity index (χ1n) is 6.36. The van der Waals surface area contributed by atoms with Gasteiger partial charge in [-0.25, -0.2) is 4.79 Å². The van der Waals surface area contributed by atoms with Crippen LogP contribution in [0.25, 0.3) is 11.3 Å². The number of rotatable bonds is 4. The molecule has 1 fully saturated rings. The predicted molar refractivity (Wildman–Crippen MR) is 72.2 cm³/mol. The molecule has 1 aliphatic carbocycles. The van der Waals surface area contributed by atoms with E-state index in [0.29, 0.717) is 17.4 Å². The zero-order valence-corrected chi connectivity index (χ0v) is 11.7. The molecule has 2 aromatic rings. The Hall–Kier alpha value is -1.69. The van der Waals surface area contributed by atoms with Gasteiger partial charge < -0.3 is 4.74 Å². The topological polar surface area (TPSA) is 57.0 Å². The molecule has 6 heteroatoms. The van der Waals surface area contributed by atoms with Gasteiger partial charge in [0.2, 0.25) is 0 Å². The molecular formula is C13H15N3O2S. The van der Waals surface area contributed by atoms with E-state index in [1.165, 1.54) is 11.5 Å². The van der Waals surface area contributed by atoms with E-state index in [2.05, 4.69) is 9.47 Å². The zero-order chi connectivity index (χ0) is 13.4. The summed E-state index contributed by atoms with van der Waals surface area (Å²) >= 11 is 1.24. The van der Waals surface area contributed by atoms with Crippen molar-refractivity contribution in [2.24, 2.45) is 7.05 Å². The smallest absolute Gasteiger partial charge is 0.350 e. The van der Waals surface area contributed by atoms with Gasteiger partial charge in [0.15, 0.2) is 0 Å². The van der Waals surface area contributed by atoms with Crippen LogP contribution in [0.4, 0.5) is 0 Å². The molecule has 0 N–H and O–H groups in total. The minimum absolute atomic E-state index is 0.253. The van der Waals surface area contributed by atoms with Gasteiger partial charge >= 0.3 is 5.97 Å². The summed E-state index contributed by atoms with van der Waals surface area (Å²) < 4.78 is 11.3. The summed E-state index contributed by atoms with van der Waals surface area (Å²) in [5.41, 5.74) is 2.91. The second-order valence-electron chi connectivity index (χ2n) is 4.67. The lowest BCUT2D eigenvalue weighted by Crippen LogP contribution is -2.05. The third-order valence-electron chi connectivity index (χ3n) is 3.15. The van der Waals surface area contributed by atoms with Crippen LogP contribution >= 0.6 is 11.5 Å². The minimum atomic E-state index is -0.253. The Bertz CT molecular complexity index is 613. The Morgan fingerprint density at radius 2 is 2.37 bits per heavy atom. The number of hydrogen-bond acceptors (Lipinski definition) is 5. The number of aromatic nitrogens is 3. The largest absolute Gasteiger partial charge is 0.462 e. The highest BCUT2D eigenvalue weighted by Gasteiger charge is 2.34. The second kappa shape index (κ2) is 4.77. The number of hydrogen-bond donors (Lipinski definition) is 0. The Morgan fingerprint density at radius 3 is 2.95 bits per heavy atom. The van der Waals surface area contributed by atoms with E-state index in [-0.39, 0.29) is 5.97 Å². The van der Waals surface area contributed by atoms with Crippen molar-refractivity contribution in [2.45, 2.75) is 25.7 Å². The van der Waals surface area contributed by atoms with Crippen LogP contribution in [0.3, 0.4) is 0 Å². The Labute approximate surface area is 115 Å². The lowest BCUT2D eigenvalue weighted by molar-refractivity contribution is 0.0531. The maximum atomic E-state index is 12.0. The van der Waals surface area contributed by atoms with E-state index in [0.717, 1.165) is 29.7 Å². The molecule has 0 aliphatic heterocycles. The van der Waals surface area contributed by atoms with Gasteiger partial charge in [-0.1, -0.05) is 0 Å². The van der Waals surface area contributed by atoms with E-state index in [1.54, 1.807) is 10.9 Å². The molecule has 19 heavy (non-hydrogen) atoms. The predicted octanol–water partition coefficient (Wildman–Crippen LogP) is 2.60. The van der Waals surface area contributed by atoms with Crippen molar-refractivity contribution in [3.63, 3.8) is 0 Å². The van der Waals surface area contributed by atoms with E-state index in [9.17, 15) is 4.79 Å². The van der Waals surface area contributed by atoms with Crippen molar-refractivity contribution in [2.75, 3.05) is 6.61 Å². The van der Waals surface area contributed by atoms with Crippen LogP contribution in [-0.2, 0) is 11.8 Å². The summed E-state index contributed by atoms with van der Waals surface area (Å²) in [6.07, 6.45) is 5.96. The van der Waals surface area contributed by atoms with Crippen molar-refractivity contribution < 1.29 is 9.53 Å². The van der Waals surface area contributed by atoms with Gasteiger partial charge in [0, 0.05) is 24.4 Å². The van der Waals surface area contributed by atoms with Gasteiger partial charge in [-0.05, 0) is 37.2 Å². The molecule has 0 bridgehead atoms. The van der Waals surface area contributed by atoms with Crippen molar-refractivity contribution in [1.82, 2.24) is 14.2 Å². The fourth-order valence-electron chi connectivity index (χ4n) is 2.14. The molecule has 5 nitrogen and oxygen atoms in total. The first-order valence-corrected chi connectivity index (χ1v) is 7.13. The van der Waals surface area contributed by atoms with Gasteiger partial charge in [-0.2, -0.15) is 9.47 Å². The zero-order valence-electron chi connectivity index (χ0n) is 10.9. The van der Waals surface area contributed by atoms with Crippen LogP contribution in [-0.4, -0.2) is 26.7 Å². The Balaban J connectivity index is 2.03. The van der Waals surface area contributed by atoms with E-state index < -0.39 is 0 Å². The van der Waals surface area contributed by atoms with Crippen LogP contribution in [0.5, 0.6) is 0 Å². The van der Waals surface area contributed by atoms with Gasteiger partial charge in [0.05, 0.1) is 18.5 Å². The number of carbonyl (C=O) groups excluding carboxylic acids is 1. The molecule has 0 atom stereocenters. The molecule has 1 aliphatic rings. The van der Waals surface area contributed by atoms with Crippen LogP contribution in [0.1, 0.15) is 40.9 Å². The molecule has 0 spiro atoms. The van der Waals surface area contributed by atoms with Crippen molar-refractivity contribution in [3.8, 4) is 11.3 Å². The molecule has 0 unspecified atom stereocenters. The molecule has 2 heterocycles. The number of esters is 1. The molecule has 0 saturated heterocycles. The summed E-state index contributed by atoms with van der Waals surface area (Å²) in [6.45, 7) is 2.21. The Kier molecular flexibility index (Phi) is 3.10. The monoisotopic (exact) mass is 277 g/mol. The third kappa shape index (κ3) is 2.28. The van der Waals surface area contributed by atoms with Gasteiger partial charge in [0.25, 0.3) is 0 Å². The van der Waals surface area contributed by atoms with Crippen LogP contribution in [0, 0.1) is 0 Å². The van der Waals surface area contributed by atoms with Crippen molar-refractivity contribution in [3.05, 3.63) is 22.8 Å². The SMILES string of the molecule is CCOC(=O)c1snc(-c2cnn(C)c2)c1C1CC1. The molecule has 0 aromatic carbocycles. The van der Waals surface area contributed by atoms with Crippen LogP contribution < -0.4 is 0 Å². The maximum Gasteiger partial charge on any atom is 0.350 e. The van der Waals surface area contributed by atoms with Gasteiger partial charge in [0.1, 0.15) is 4.88 Å². The fraction of sp³-hybridized carbons (Fsp3) is 0.462. The third-order valence-corrected chi connectivity index (χ3v) is 4.00. The highest BCUT2D eigenvalue weighted by Crippen LogP contribution is 2.47. The number of aryl methyl sites for hydroxylation is 1. The molecule has 1 saturated carbocycles. The summed E-state index contributed by atoms with van der Waals surface area (Å²) in [4.78, 5) is 12.6. The Morgan fingerprint density at radius 1 is 1.58 bits per heavy atom. The number of carbonyl (C=O) groups is 1. The summed E-state index contributed by atoms with van der Waals surface area (Å²) in [7, 11) is 1.87.